The number of carboxylic acids is 1. The number of carbonyl (C=O) groups is 2. The van der Waals surface area contributed by atoms with Crippen molar-refractivity contribution in [2.24, 2.45) is 0 Å². The predicted octanol–water partition coefficient (Wildman–Crippen LogP) is 3.55. The average molecular weight is 374 g/mol. The van der Waals surface area contributed by atoms with Gasteiger partial charge in [0.25, 0.3) is 0 Å². The minimum Gasteiger partial charge on any atom is -0.480 e. The molecule has 6 nitrogen and oxygen atoms in total. The zero-order valence-corrected chi connectivity index (χ0v) is 16.4. The molecule has 148 valence electrons. The van der Waals surface area contributed by atoms with Crippen LogP contribution in [0.5, 0.6) is 0 Å². The van der Waals surface area contributed by atoms with Crippen molar-refractivity contribution in [1.29, 1.82) is 0 Å². The molecule has 6 heteroatoms. The summed E-state index contributed by atoms with van der Waals surface area (Å²) in [6, 6.07) is 10.6. The lowest BCUT2D eigenvalue weighted by Gasteiger charge is -2.52. The number of ether oxygens (including phenoxy) is 1. The predicted molar refractivity (Wildman–Crippen MR) is 102 cm³/mol. The summed E-state index contributed by atoms with van der Waals surface area (Å²) in [5.41, 5.74) is -0.684. The van der Waals surface area contributed by atoms with Crippen LogP contribution in [0.15, 0.2) is 30.3 Å². The molecule has 2 unspecified atom stereocenters. The smallest absolute Gasteiger partial charge is 0.408 e. The van der Waals surface area contributed by atoms with Gasteiger partial charge in [-0.1, -0.05) is 36.8 Å². The van der Waals surface area contributed by atoms with Crippen molar-refractivity contribution >= 4 is 12.1 Å². The van der Waals surface area contributed by atoms with Gasteiger partial charge in [-0.25, -0.2) is 9.59 Å². The fourth-order valence-corrected chi connectivity index (χ4v) is 4.43. The number of rotatable bonds is 4. The van der Waals surface area contributed by atoms with Crippen LogP contribution < -0.4 is 5.32 Å². The SMILES string of the molecule is CC(C)(C)OC(=O)NC1(C(=O)O)CC2CCCC(C1)N2Cc1ccccc1. The Labute approximate surface area is 160 Å². The number of aliphatic carboxylic acids is 1. The lowest BCUT2D eigenvalue weighted by atomic mass is 9.73. The number of hydrogen-bond acceptors (Lipinski definition) is 4. The van der Waals surface area contributed by atoms with Crippen molar-refractivity contribution in [2.45, 2.75) is 82.6 Å². The van der Waals surface area contributed by atoms with Crippen LogP contribution in [0.3, 0.4) is 0 Å². The van der Waals surface area contributed by atoms with Crippen molar-refractivity contribution in [3.63, 3.8) is 0 Å². The topological polar surface area (TPSA) is 78.9 Å². The number of fused-ring (bicyclic) bond motifs is 2. The van der Waals surface area contributed by atoms with Gasteiger partial charge in [-0.2, -0.15) is 0 Å². The van der Waals surface area contributed by atoms with Crippen molar-refractivity contribution < 1.29 is 19.4 Å². The molecule has 3 rings (SSSR count). The monoisotopic (exact) mass is 374 g/mol. The van der Waals surface area contributed by atoms with Crippen LogP contribution in [0.1, 0.15) is 58.4 Å². The van der Waals surface area contributed by atoms with Gasteiger partial charge in [0.2, 0.25) is 0 Å². The van der Waals surface area contributed by atoms with Gasteiger partial charge < -0.3 is 15.2 Å². The van der Waals surface area contributed by atoms with E-state index in [9.17, 15) is 14.7 Å². The Morgan fingerprint density at radius 3 is 2.30 bits per heavy atom. The number of alkyl carbamates (subject to hydrolysis) is 1. The first-order valence-electron chi connectivity index (χ1n) is 9.73. The van der Waals surface area contributed by atoms with Crippen LogP contribution in [0.2, 0.25) is 0 Å². The maximum Gasteiger partial charge on any atom is 0.408 e. The van der Waals surface area contributed by atoms with Gasteiger partial charge >= 0.3 is 12.1 Å². The Morgan fingerprint density at radius 2 is 1.78 bits per heavy atom. The summed E-state index contributed by atoms with van der Waals surface area (Å²) in [5.74, 6) is -0.968. The van der Waals surface area contributed by atoms with Crippen LogP contribution in [0.4, 0.5) is 4.79 Å². The van der Waals surface area contributed by atoms with Gasteiger partial charge in [0.15, 0.2) is 0 Å². The maximum absolute atomic E-state index is 12.3. The molecule has 2 saturated heterocycles. The highest BCUT2D eigenvalue weighted by Crippen LogP contribution is 2.40. The van der Waals surface area contributed by atoms with E-state index in [4.69, 9.17) is 4.74 Å². The number of amides is 1. The van der Waals surface area contributed by atoms with Gasteiger partial charge in [0, 0.05) is 18.6 Å². The third-order valence-corrected chi connectivity index (χ3v) is 5.54. The van der Waals surface area contributed by atoms with Crippen molar-refractivity contribution in [3.05, 3.63) is 35.9 Å². The molecule has 1 aromatic rings. The molecule has 0 saturated carbocycles. The Morgan fingerprint density at radius 1 is 1.19 bits per heavy atom. The van der Waals surface area contributed by atoms with Crippen LogP contribution in [-0.2, 0) is 16.1 Å². The van der Waals surface area contributed by atoms with Crippen LogP contribution in [0, 0.1) is 0 Å². The average Bonchev–Trinajstić information content (AvgIpc) is 2.54. The van der Waals surface area contributed by atoms with E-state index in [-0.39, 0.29) is 12.1 Å². The third-order valence-electron chi connectivity index (χ3n) is 5.54. The number of benzene rings is 1. The number of piperidine rings is 2. The number of carboxylic acid groups (broad SMARTS) is 1. The molecule has 2 N–H and O–H groups in total. The first-order valence-corrected chi connectivity index (χ1v) is 9.73. The van der Waals surface area contributed by atoms with Crippen molar-refractivity contribution in [1.82, 2.24) is 10.2 Å². The number of hydrogen-bond donors (Lipinski definition) is 2. The maximum atomic E-state index is 12.3. The first kappa shape index (κ1) is 19.7. The standard InChI is InChI=1S/C21H30N2O4/c1-20(2,3)27-19(26)22-21(18(24)25)12-16-10-7-11-17(13-21)23(16)14-15-8-5-4-6-9-15/h4-6,8-9,16-17H,7,10-14H2,1-3H3,(H,22,26)(H,24,25). The summed E-state index contributed by atoms with van der Waals surface area (Å²) in [7, 11) is 0. The first-order chi connectivity index (χ1) is 12.7. The fraction of sp³-hybridized carbons (Fsp3) is 0.619. The molecule has 1 aromatic carbocycles. The minimum atomic E-state index is -1.26. The van der Waals surface area contributed by atoms with Gasteiger partial charge in [0.1, 0.15) is 11.1 Å². The third kappa shape index (κ3) is 4.61. The van der Waals surface area contributed by atoms with E-state index in [2.05, 4.69) is 22.3 Å². The summed E-state index contributed by atoms with van der Waals surface area (Å²) in [6.45, 7) is 6.14. The van der Waals surface area contributed by atoms with Crippen LogP contribution in [-0.4, -0.2) is 45.3 Å². The van der Waals surface area contributed by atoms with Crippen LogP contribution in [0.25, 0.3) is 0 Å². The Kier molecular flexibility index (Phi) is 5.47. The van der Waals surface area contributed by atoms with E-state index in [1.165, 1.54) is 5.56 Å². The lowest BCUT2D eigenvalue weighted by Crippen LogP contribution is -2.66. The molecule has 2 fully saturated rings. The second-order valence-corrected chi connectivity index (χ2v) is 8.82. The second-order valence-electron chi connectivity index (χ2n) is 8.82. The van der Waals surface area contributed by atoms with Gasteiger partial charge in [-0.05, 0) is 52.0 Å². The van der Waals surface area contributed by atoms with E-state index < -0.39 is 23.2 Å². The van der Waals surface area contributed by atoms with E-state index in [1.54, 1.807) is 20.8 Å². The summed E-state index contributed by atoms with van der Waals surface area (Å²) in [6.07, 6.45) is 3.17. The van der Waals surface area contributed by atoms with E-state index >= 15 is 0 Å². The molecule has 0 spiro atoms. The van der Waals surface area contributed by atoms with E-state index in [1.807, 2.05) is 18.2 Å². The van der Waals surface area contributed by atoms with Crippen molar-refractivity contribution in [2.75, 3.05) is 0 Å². The minimum absolute atomic E-state index is 0.142. The summed E-state index contributed by atoms with van der Waals surface area (Å²) in [5, 5.41) is 12.7. The van der Waals surface area contributed by atoms with Crippen molar-refractivity contribution in [3.8, 4) is 0 Å². The molecule has 2 bridgehead atoms. The molecule has 0 aliphatic carbocycles. The molecule has 2 aliphatic heterocycles. The molecule has 1 amide bonds. The summed E-state index contributed by atoms with van der Waals surface area (Å²) < 4.78 is 5.33. The Balaban J connectivity index is 1.77. The molecule has 27 heavy (non-hydrogen) atoms. The van der Waals surface area contributed by atoms with Gasteiger partial charge in [-0.15, -0.1) is 0 Å². The zero-order chi connectivity index (χ0) is 19.7. The molecule has 2 heterocycles. The highest BCUT2D eigenvalue weighted by molar-refractivity contribution is 5.84. The summed E-state index contributed by atoms with van der Waals surface area (Å²) in [4.78, 5) is 26.9. The normalized spacial score (nSPS) is 28.4. The van der Waals surface area contributed by atoms with Gasteiger partial charge in [0.05, 0.1) is 0 Å². The van der Waals surface area contributed by atoms with E-state index in [0.717, 1.165) is 25.8 Å². The molecule has 0 aromatic heterocycles. The molecule has 2 atom stereocenters. The zero-order valence-electron chi connectivity index (χ0n) is 16.4. The van der Waals surface area contributed by atoms with Gasteiger partial charge in [-0.3, -0.25) is 4.90 Å². The molecular weight excluding hydrogens is 344 g/mol. The second kappa shape index (κ2) is 7.50. The highest BCUT2D eigenvalue weighted by Gasteiger charge is 2.52. The Hall–Kier alpha value is -2.08. The Bertz CT molecular complexity index is 669. The molecule has 0 radical (unpaired) electrons. The summed E-state index contributed by atoms with van der Waals surface area (Å²) >= 11 is 0. The molecular formula is C21H30N2O4. The quantitative estimate of drug-likeness (QED) is 0.843. The number of nitrogens with zero attached hydrogens (tertiary/aromatic N) is 1. The number of nitrogens with one attached hydrogen (secondary N) is 1. The van der Waals surface area contributed by atoms with Crippen LogP contribution >= 0.6 is 0 Å². The van der Waals surface area contributed by atoms with E-state index in [0.29, 0.717) is 12.8 Å². The largest absolute Gasteiger partial charge is 0.480 e. The fourth-order valence-electron chi connectivity index (χ4n) is 4.43. The molecule has 2 aliphatic rings. The number of carbonyl (C=O) groups excluding carboxylic acids is 1. The lowest BCUT2D eigenvalue weighted by molar-refractivity contribution is -0.151. The highest BCUT2D eigenvalue weighted by atomic mass is 16.6.